The number of hydrogen-bond donors (Lipinski definition) is 3. The summed E-state index contributed by atoms with van der Waals surface area (Å²) >= 11 is 5.06. The van der Waals surface area contributed by atoms with Gasteiger partial charge in [-0.2, -0.15) is 0 Å². The van der Waals surface area contributed by atoms with Crippen LogP contribution in [-0.2, 0) is 0 Å². The van der Waals surface area contributed by atoms with Gasteiger partial charge in [0.15, 0.2) is 0 Å². The van der Waals surface area contributed by atoms with Gasteiger partial charge in [-0.1, -0.05) is 0 Å². The molecule has 3 atom stereocenters. The first-order chi connectivity index (χ1) is 7.61. The van der Waals surface area contributed by atoms with Crippen molar-refractivity contribution in [1.29, 1.82) is 0 Å². The molecule has 1 fully saturated rings. The number of halogens is 1. The van der Waals surface area contributed by atoms with E-state index in [4.69, 9.17) is 5.73 Å². The van der Waals surface area contributed by atoms with Crippen LogP contribution in [0.5, 0.6) is 0 Å². The van der Waals surface area contributed by atoms with E-state index in [-0.39, 0.29) is 6.04 Å². The van der Waals surface area contributed by atoms with Gasteiger partial charge >= 0.3 is 0 Å². The number of likely N-dealkylation sites (tertiary alicyclic amines) is 1. The van der Waals surface area contributed by atoms with Crippen molar-refractivity contribution in [2.45, 2.75) is 18.2 Å². The molecular weight excluding hydrogens is 292 g/mol. The van der Waals surface area contributed by atoms with Gasteiger partial charge in [0, 0.05) is 24.5 Å². The molecule has 0 radical (unpaired) electrons. The Morgan fingerprint density at radius 2 is 2.06 bits per heavy atom. The normalized spacial score (nSPS) is 28.5. The molecule has 6 heteroatoms. The Hall–Kier alpha value is 0.0200. The van der Waals surface area contributed by atoms with Gasteiger partial charge in [-0.05, 0) is 28.1 Å². The molecule has 4 nitrogen and oxygen atoms in total. The molecule has 2 heterocycles. The van der Waals surface area contributed by atoms with Crippen LogP contribution in [0.2, 0.25) is 0 Å². The second-order valence-corrected chi connectivity index (χ2v) is 6.48. The molecule has 3 unspecified atom stereocenters. The summed E-state index contributed by atoms with van der Waals surface area (Å²) in [6, 6.07) is 4.11. The molecule has 4 N–H and O–H groups in total. The Bertz CT molecular complexity index is 350. The van der Waals surface area contributed by atoms with Crippen molar-refractivity contribution in [2.24, 2.45) is 5.73 Å². The number of rotatable bonds is 3. The second-order valence-electron chi connectivity index (χ2n) is 3.98. The van der Waals surface area contributed by atoms with Crippen molar-refractivity contribution in [2.75, 3.05) is 19.6 Å². The number of aliphatic hydroxyl groups is 2. The minimum absolute atomic E-state index is 0.0862. The van der Waals surface area contributed by atoms with E-state index in [1.807, 2.05) is 17.0 Å². The van der Waals surface area contributed by atoms with Crippen molar-refractivity contribution >= 4 is 27.3 Å². The lowest BCUT2D eigenvalue weighted by Crippen LogP contribution is -2.32. The summed E-state index contributed by atoms with van der Waals surface area (Å²) in [6.07, 6.45) is -1.31. The topological polar surface area (TPSA) is 69.7 Å². The molecule has 1 aliphatic heterocycles. The highest BCUT2D eigenvalue weighted by Gasteiger charge is 2.34. The zero-order chi connectivity index (χ0) is 11.7. The van der Waals surface area contributed by atoms with E-state index in [0.717, 1.165) is 8.66 Å². The predicted molar refractivity (Wildman–Crippen MR) is 67.4 cm³/mol. The number of nitrogens with zero attached hydrogens (tertiary/aromatic N) is 1. The van der Waals surface area contributed by atoms with E-state index in [2.05, 4.69) is 15.9 Å². The van der Waals surface area contributed by atoms with Crippen LogP contribution in [0.1, 0.15) is 10.9 Å². The van der Waals surface area contributed by atoms with Gasteiger partial charge < -0.3 is 15.9 Å². The van der Waals surface area contributed by atoms with Crippen LogP contribution >= 0.6 is 27.3 Å². The highest BCUT2D eigenvalue weighted by molar-refractivity contribution is 9.11. The zero-order valence-corrected chi connectivity index (χ0v) is 11.1. The average Bonchev–Trinajstić information content (AvgIpc) is 2.77. The third-order valence-electron chi connectivity index (χ3n) is 2.87. The molecular formula is C10H15BrN2O2S. The second kappa shape index (κ2) is 5.12. The van der Waals surface area contributed by atoms with E-state index >= 15 is 0 Å². The first kappa shape index (κ1) is 12.5. The Kier molecular flexibility index (Phi) is 3.99. The summed E-state index contributed by atoms with van der Waals surface area (Å²) in [5.41, 5.74) is 5.77. The molecule has 0 aliphatic carbocycles. The maximum atomic E-state index is 9.53. The minimum Gasteiger partial charge on any atom is -0.389 e. The SMILES string of the molecule is NCC(c1ccc(Br)s1)N1CC(O)C(O)C1. The fourth-order valence-corrected chi connectivity index (χ4v) is 3.58. The Labute approximate surface area is 107 Å². The van der Waals surface area contributed by atoms with E-state index in [9.17, 15) is 10.2 Å². The number of thiophene rings is 1. The molecule has 1 aromatic rings. The lowest BCUT2D eigenvalue weighted by atomic mass is 10.2. The van der Waals surface area contributed by atoms with Crippen LogP contribution in [-0.4, -0.2) is 47.0 Å². The molecule has 0 amide bonds. The summed E-state index contributed by atoms with van der Waals surface area (Å²) in [6.45, 7) is 1.46. The fourth-order valence-electron chi connectivity index (χ4n) is 2.01. The van der Waals surface area contributed by atoms with Gasteiger partial charge in [0.25, 0.3) is 0 Å². The molecule has 0 bridgehead atoms. The quantitative estimate of drug-likeness (QED) is 0.763. The molecule has 1 saturated heterocycles. The third kappa shape index (κ3) is 2.47. The molecule has 0 saturated carbocycles. The molecule has 2 rings (SSSR count). The highest BCUT2D eigenvalue weighted by Crippen LogP contribution is 2.32. The van der Waals surface area contributed by atoms with E-state index in [1.165, 1.54) is 0 Å². The van der Waals surface area contributed by atoms with Gasteiger partial charge in [0.2, 0.25) is 0 Å². The molecule has 1 aliphatic rings. The fraction of sp³-hybridized carbons (Fsp3) is 0.600. The maximum Gasteiger partial charge on any atom is 0.0938 e. The van der Waals surface area contributed by atoms with Crippen LogP contribution < -0.4 is 5.73 Å². The van der Waals surface area contributed by atoms with Crippen LogP contribution in [0.25, 0.3) is 0 Å². The van der Waals surface area contributed by atoms with Gasteiger partial charge in [0.05, 0.1) is 22.0 Å². The zero-order valence-electron chi connectivity index (χ0n) is 8.71. The maximum absolute atomic E-state index is 9.53. The average molecular weight is 307 g/mol. The number of hydrogen-bond acceptors (Lipinski definition) is 5. The van der Waals surface area contributed by atoms with Gasteiger partial charge in [-0.25, -0.2) is 0 Å². The first-order valence-corrected chi connectivity index (χ1v) is 6.78. The van der Waals surface area contributed by atoms with E-state index in [1.54, 1.807) is 11.3 Å². The van der Waals surface area contributed by atoms with Crippen molar-refractivity contribution < 1.29 is 10.2 Å². The number of β-amino-alcohol motifs (C(OH)–C–C–N with tert-alkyl or cyclic N) is 2. The number of aliphatic hydroxyl groups excluding tert-OH is 2. The van der Waals surface area contributed by atoms with Crippen LogP contribution in [0.4, 0.5) is 0 Å². The van der Waals surface area contributed by atoms with Crippen LogP contribution in [0.3, 0.4) is 0 Å². The van der Waals surface area contributed by atoms with Crippen molar-refractivity contribution in [1.82, 2.24) is 4.90 Å². The van der Waals surface area contributed by atoms with Crippen molar-refractivity contribution in [3.63, 3.8) is 0 Å². The van der Waals surface area contributed by atoms with Crippen molar-refractivity contribution in [3.8, 4) is 0 Å². The smallest absolute Gasteiger partial charge is 0.0938 e. The van der Waals surface area contributed by atoms with E-state index in [0.29, 0.717) is 19.6 Å². The first-order valence-electron chi connectivity index (χ1n) is 5.17. The molecule has 0 aromatic carbocycles. The molecule has 16 heavy (non-hydrogen) atoms. The summed E-state index contributed by atoms with van der Waals surface area (Å²) in [5, 5.41) is 19.1. The number of nitrogens with two attached hydrogens (primary N) is 1. The molecule has 0 spiro atoms. The summed E-state index contributed by atoms with van der Waals surface area (Å²) < 4.78 is 1.07. The largest absolute Gasteiger partial charge is 0.389 e. The Balaban J connectivity index is 2.12. The van der Waals surface area contributed by atoms with Gasteiger partial charge in [-0.15, -0.1) is 11.3 Å². The monoisotopic (exact) mass is 306 g/mol. The minimum atomic E-state index is -0.655. The van der Waals surface area contributed by atoms with Crippen molar-refractivity contribution in [3.05, 3.63) is 20.8 Å². The highest BCUT2D eigenvalue weighted by atomic mass is 79.9. The van der Waals surface area contributed by atoms with Gasteiger partial charge in [-0.3, -0.25) is 4.90 Å². The van der Waals surface area contributed by atoms with Gasteiger partial charge in [0.1, 0.15) is 0 Å². The summed E-state index contributed by atoms with van der Waals surface area (Å²) in [7, 11) is 0. The Morgan fingerprint density at radius 3 is 2.50 bits per heavy atom. The summed E-state index contributed by atoms with van der Waals surface area (Å²) in [5.74, 6) is 0. The Morgan fingerprint density at radius 1 is 1.44 bits per heavy atom. The van der Waals surface area contributed by atoms with Crippen LogP contribution in [0.15, 0.2) is 15.9 Å². The van der Waals surface area contributed by atoms with Crippen LogP contribution in [0, 0.1) is 0 Å². The van der Waals surface area contributed by atoms with E-state index < -0.39 is 12.2 Å². The standard InChI is InChI=1S/C10H15BrN2O2S/c11-10-2-1-9(16-10)6(3-12)13-4-7(14)8(15)5-13/h1-2,6-8,14-15H,3-5,12H2. The lowest BCUT2D eigenvalue weighted by molar-refractivity contribution is 0.0572. The lowest BCUT2D eigenvalue weighted by Gasteiger charge is -2.25. The molecule has 90 valence electrons. The molecule has 1 aromatic heterocycles. The summed E-state index contributed by atoms with van der Waals surface area (Å²) in [4.78, 5) is 3.20. The third-order valence-corrected chi connectivity index (χ3v) is 4.60. The predicted octanol–water partition coefficient (Wildman–Crippen LogP) is 0.548.